The number of hydrogen-bond acceptors (Lipinski definition) is 6. The fraction of sp³-hybridized carbons (Fsp3) is 0.583. The summed E-state index contributed by atoms with van der Waals surface area (Å²) in [6.07, 6.45) is 1.54. The van der Waals surface area contributed by atoms with Crippen LogP contribution in [-0.4, -0.2) is 62.6 Å². The highest BCUT2D eigenvalue weighted by Gasteiger charge is 2.25. The van der Waals surface area contributed by atoms with E-state index in [1.165, 1.54) is 25.2 Å². The largest absolute Gasteiger partial charge is 0.468 e. The average molecular weight is 272 g/mol. The first-order valence-electron chi connectivity index (χ1n) is 5.72. The standard InChI is InChI=1S/C12H20N2O5/c1-5-6-13-12(17)9(2)14(7-10(15)18-3)8-11(16)19-4/h5,9H,1,6-8H2,2-4H3,(H,13,17). The molecule has 0 aromatic rings. The van der Waals surface area contributed by atoms with E-state index >= 15 is 0 Å². The summed E-state index contributed by atoms with van der Waals surface area (Å²) in [6, 6.07) is -0.668. The van der Waals surface area contributed by atoms with Crippen molar-refractivity contribution in [2.45, 2.75) is 13.0 Å². The Kier molecular flexibility index (Phi) is 8.19. The van der Waals surface area contributed by atoms with Gasteiger partial charge in [-0.3, -0.25) is 19.3 Å². The van der Waals surface area contributed by atoms with E-state index in [1.54, 1.807) is 6.92 Å². The molecular formula is C12H20N2O5. The van der Waals surface area contributed by atoms with E-state index in [0.717, 1.165) is 0 Å². The number of nitrogens with zero attached hydrogens (tertiary/aromatic N) is 1. The zero-order chi connectivity index (χ0) is 14.8. The van der Waals surface area contributed by atoms with Gasteiger partial charge in [-0.2, -0.15) is 0 Å². The van der Waals surface area contributed by atoms with Gasteiger partial charge in [0.05, 0.1) is 33.4 Å². The van der Waals surface area contributed by atoms with Crippen LogP contribution in [-0.2, 0) is 23.9 Å². The van der Waals surface area contributed by atoms with Crippen LogP contribution in [0.3, 0.4) is 0 Å². The van der Waals surface area contributed by atoms with Crippen molar-refractivity contribution >= 4 is 17.8 Å². The van der Waals surface area contributed by atoms with Gasteiger partial charge in [0.1, 0.15) is 0 Å². The molecule has 0 saturated heterocycles. The minimum atomic E-state index is -0.668. The molecule has 0 bridgehead atoms. The van der Waals surface area contributed by atoms with Gasteiger partial charge in [0.15, 0.2) is 0 Å². The third-order valence-corrected chi connectivity index (χ3v) is 2.47. The average Bonchev–Trinajstić information content (AvgIpc) is 2.42. The van der Waals surface area contributed by atoms with Crippen molar-refractivity contribution in [3.05, 3.63) is 12.7 Å². The summed E-state index contributed by atoms with van der Waals surface area (Å²) in [5.41, 5.74) is 0. The topological polar surface area (TPSA) is 84.9 Å². The number of hydrogen-bond donors (Lipinski definition) is 1. The SMILES string of the molecule is C=CCNC(=O)C(C)N(CC(=O)OC)CC(=O)OC. The third kappa shape index (κ3) is 6.56. The molecule has 7 nitrogen and oxygen atoms in total. The second-order valence-electron chi connectivity index (χ2n) is 3.77. The van der Waals surface area contributed by atoms with Crippen LogP contribution in [0.4, 0.5) is 0 Å². The molecule has 19 heavy (non-hydrogen) atoms. The summed E-state index contributed by atoms with van der Waals surface area (Å²) in [6.45, 7) is 5.04. The third-order valence-electron chi connectivity index (χ3n) is 2.47. The van der Waals surface area contributed by atoms with Crippen molar-refractivity contribution in [3.63, 3.8) is 0 Å². The summed E-state index contributed by atoms with van der Waals surface area (Å²) in [5.74, 6) is -1.38. The molecule has 7 heteroatoms. The van der Waals surface area contributed by atoms with E-state index in [-0.39, 0.29) is 19.0 Å². The van der Waals surface area contributed by atoms with Gasteiger partial charge in [-0.25, -0.2) is 0 Å². The number of amides is 1. The molecule has 0 aliphatic heterocycles. The fourth-order valence-corrected chi connectivity index (χ4v) is 1.28. The highest BCUT2D eigenvalue weighted by atomic mass is 16.5. The lowest BCUT2D eigenvalue weighted by atomic mass is 10.2. The summed E-state index contributed by atoms with van der Waals surface area (Å²) < 4.78 is 9.05. The molecule has 1 unspecified atom stereocenters. The van der Waals surface area contributed by atoms with Crippen molar-refractivity contribution in [2.24, 2.45) is 0 Å². The second-order valence-corrected chi connectivity index (χ2v) is 3.77. The van der Waals surface area contributed by atoms with E-state index in [0.29, 0.717) is 6.54 Å². The first-order chi connectivity index (χ1) is 8.96. The number of esters is 2. The minimum Gasteiger partial charge on any atom is -0.468 e. The van der Waals surface area contributed by atoms with Crippen LogP contribution in [0.5, 0.6) is 0 Å². The second kappa shape index (κ2) is 9.09. The van der Waals surface area contributed by atoms with Crippen LogP contribution in [0.2, 0.25) is 0 Å². The van der Waals surface area contributed by atoms with Gasteiger partial charge in [-0.1, -0.05) is 6.08 Å². The molecule has 0 aromatic carbocycles. The van der Waals surface area contributed by atoms with Crippen LogP contribution in [0.25, 0.3) is 0 Å². The molecule has 0 aromatic heterocycles. The molecule has 108 valence electrons. The quantitative estimate of drug-likeness (QED) is 0.466. The van der Waals surface area contributed by atoms with E-state index in [2.05, 4.69) is 21.4 Å². The van der Waals surface area contributed by atoms with Crippen molar-refractivity contribution < 1.29 is 23.9 Å². The molecule has 1 atom stereocenters. The normalized spacial score (nSPS) is 11.6. The fourth-order valence-electron chi connectivity index (χ4n) is 1.28. The molecule has 1 amide bonds. The monoisotopic (exact) mass is 272 g/mol. The van der Waals surface area contributed by atoms with Gasteiger partial charge in [-0.15, -0.1) is 6.58 Å². The van der Waals surface area contributed by atoms with Crippen molar-refractivity contribution in [1.82, 2.24) is 10.2 Å². The first kappa shape index (κ1) is 17.1. The van der Waals surface area contributed by atoms with Gasteiger partial charge in [0.2, 0.25) is 5.91 Å². The van der Waals surface area contributed by atoms with Gasteiger partial charge in [0, 0.05) is 6.54 Å². The van der Waals surface area contributed by atoms with Crippen molar-refractivity contribution in [1.29, 1.82) is 0 Å². The Bertz CT molecular complexity index is 325. The Morgan fingerprint density at radius 3 is 2.05 bits per heavy atom. The smallest absolute Gasteiger partial charge is 0.319 e. The van der Waals surface area contributed by atoms with Gasteiger partial charge in [0.25, 0.3) is 0 Å². The number of carbonyl (C=O) groups is 3. The number of carbonyl (C=O) groups excluding carboxylic acids is 3. The van der Waals surface area contributed by atoms with E-state index in [4.69, 9.17) is 0 Å². The molecule has 0 aliphatic carbocycles. The van der Waals surface area contributed by atoms with Gasteiger partial charge in [-0.05, 0) is 6.92 Å². The van der Waals surface area contributed by atoms with Crippen LogP contribution in [0.1, 0.15) is 6.92 Å². The highest BCUT2D eigenvalue weighted by molar-refractivity contribution is 5.83. The highest BCUT2D eigenvalue weighted by Crippen LogP contribution is 2.01. The predicted octanol–water partition coefficient (Wildman–Crippen LogP) is -0.675. The molecule has 0 spiro atoms. The maximum Gasteiger partial charge on any atom is 0.319 e. The Balaban J connectivity index is 4.69. The molecule has 0 heterocycles. The van der Waals surface area contributed by atoms with E-state index < -0.39 is 18.0 Å². The number of ether oxygens (including phenoxy) is 2. The maximum atomic E-state index is 11.8. The van der Waals surface area contributed by atoms with Crippen LogP contribution < -0.4 is 5.32 Å². The lowest BCUT2D eigenvalue weighted by molar-refractivity contribution is -0.147. The Labute approximate surface area is 112 Å². The van der Waals surface area contributed by atoms with Crippen LogP contribution >= 0.6 is 0 Å². The van der Waals surface area contributed by atoms with Crippen LogP contribution in [0.15, 0.2) is 12.7 Å². The molecule has 0 saturated carbocycles. The Morgan fingerprint density at radius 1 is 1.21 bits per heavy atom. The Morgan fingerprint density at radius 2 is 1.68 bits per heavy atom. The molecule has 1 N–H and O–H groups in total. The molecule has 0 radical (unpaired) electrons. The van der Waals surface area contributed by atoms with Crippen LogP contribution in [0, 0.1) is 0 Å². The summed E-state index contributed by atoms with van der Waals surface area (Å²) in [5, 5.41) is 2.59. The first-order valence-corrected chi connectivity index (χ1v) is 5.72. The zero-order valence-electron chi connectivity index (χ0n) is 11.5. The molecular weight excluding hydrogens is 252 g/mol. The summed E-state index contributed by atoms with van der Waals surface area (Å²) in [4.78, 5) is 35.7. The summed E-state index contributed by atoms with van der Waals surface area (Å²) in [7, 11) is 2.47. The zero-order valence-corrected chi connectivity index (χ0v) is 11.5. The Hall–Kier alpha value is -1.89. The summed E-state index contributed by atoms with van der Waals surface area (Å²) >= 11 is 0. The lowest BCUT2D eigenvalue weighted by Gasteiger charge is -2.25. The number of nitrogens with one attached hydrogen (secondary N) is 1. The maximum absolute atomic E-state index is 11.8. The predicted molar refractivity (Wildman–Crippen MR) is 68.3 cm³/mol. The van der Waals surface area contributed by atoms with E-state index in [1.807, 2.05) is 0 Å². The lowest BCUT2D eigenvalue weighted by Crippen LogP contribution is -2.49. The van der Waals surface area contributed by atoms with Gasteiger partial charge >= 0.3 is 11.9 Å². The number of methoxy groups -OCH3 is 2. The van der Waals surface area contributed by atoms with E-state index in [9.17, 15) is 14.4 Å². The minimum absolute atomic E-state index is 0.172. The molecule has 0 rings (SSSR count). The molecule has 0 aliphatic rings. The van der Waals surface area contributed by atoms with Gasteiger partial charge < -0.3 is 14.8 Å². The van der Waals surface area contributed by atoms with Crippen molar-refractivity contribution in [2.75, 3.05) is 33.9 Å². The van der Waals surface area contributed by atoms with Crippen molar-refractivity contribution in [3.8, 4) is 0 Å². The molecule has 0 fully saturated rings. The number of rotatable bonds is 8.